The quantitative estimate of drug-likeness (QED) is 0.304. The van der Waals surface area contributed by atoms with E-state index in [1.807, 2.05) is 13.8 Å². The van der Waals surface area contributed by atoms with E-state index in [1.165, 1.54) is 0 Å². The normalized spacial score (nSPS) is 19.8. The third kappa shape index (κ3) is 3.15. The molecule has 0 atom stereocenters. The van der Waals surface area contributed by atoms with E-state index in [-0.39, 0.29) is 17.7 Å². The van der Waals surface area contributed by atoms with Crippen molar-refractivity contribution in [1.29, 1.82) is 0 Å². The first kappa shape index (κ1) is 14.8. The summed E-state index contributed by atoms with van der Waals surface area (Å²) in [5, 5.41) is 15.1. The van der Waals surface area contributed by atoms with Crippen LogP contribution in [0, 0.1) is 5.92 Å². The average Bonchev–Trinajstić information content (AvgIpc) is 2.40. The van der Waals surface area contributed by atoms with Gasteiger partial charge in [-0.1, -0.05) is 38.3 Å². The van der Waals surface area contributed by atoms with Crippen LogP contribution in [0.5, 0.6) is 0 Å². The van der Waals surface area contributed by atoms with Crippen LogP contribution in [0.25, 0.3) is 0 Å². The lowest BCUT2D eigenvalue weighted by molar-refractivity contribution is -0.126. The van der Waals surface area contributed by atoms with Gasteiger partial charge in [0.1, 0.15) is 5.54 Å². The monoisotopic (exact) mass is 255 g/mol. The largest absolute Gasteiger partial charge is 0.409 e. The van der Waals surface area contributed by atoms with E-state index in [2.05, 4.69) is 10.5 Å². The summed E-state index contributed by atoms with van der Waals surface area (Å²) in [5.74, 6) is 0.172. The van der Waals surface area contributed by atoms with Crippen molar-refractivity contribution in [3.8, 4) is 0 Å². The Bertz CT molecular complexity index is 305. The third-order valence-electron chi connectivity index (χ3n) is 4.02. The third-order valence-corrected chi connectivity index (χ3v) is 4.02. The topological polar surface area (TPSA) is 87.7 Å². The minimum Gasteiger partial charge on any atom is -0.409 e. The van der Waals surface area contributed by atoms with Crippen molar-refractivity contribution >= 4 is 11.7 Å². The SMILES string of the molecule is CCC(CC)C(=O)NC1(/C(N)=N/O)CCCCC1. The number of nitrogens with two attached hydrogens (primary N) is 1. The van der Waals surface area contributed by atoms with Crippen LogP contribution in [-0.2, 0) is 4.79 Å². The number of oxime groups is 1. The number of nitrogens with one attached hydrogen (secondary N) is 1. The van der Waals surface area contributed by atoms with Gasteiger partial charge in [-0.25, -0.2) is 0 Å². The second-order valence-corrected chi connectivity index (χ2v) is 5.13. The van der Waals surface area contributed by atoms with Crippen LogP contribution in [0.4, 0.5) is 0 Å². The Morgan fingerprint density at radius 2 is 1.89 bits per heavy atom. The van der Waals surface area contributed by atoms with Gasteiger partial charge in [0.2, 0.25) is 5.91 Å². The van der Waals surface area contributed by atoms with Gasteiger partial charge in [0, 0.05) is 5.92 Å². The van der Waals surface area contributed by atoms with Crippen molar-refractivity contribution in [1.82, 2.24) is 5.32 Å². The van der Waals surface area contributed by atoms with Gasteiger partial charge in [-0.15, -0.1) is 0 Å². The summed E-state index contributed by atoms with van der Waals surface area (Å²) in [6, 6.07) is 0. The van der Waals surface area contributed by atoms with Crippen LogP contribution in [0.1, 0.15) is 58.8 Å². The van der Waals surface area contributed by atoms with Crippen molar-refractivity contribution < 1.29 is 10.0 Å². The Kier molecular flexibility index (Phi) is 5.44. The molecule has 18 heavy (non-hydrogen) atoms. The number of hydrogen-bond acceptors (Lipinski definition) is 3. The maximum absolute atomic E-state index is 12.2. The standard InChI is InChI=1S/C13H25N3O2/c1-3-10(4-2)11(17)15-13(12(14)16-18)8-6-5-7-9-13/h10,18H,3-9H2,1-2H3,(H2,14,16)(H,15,17). The lowest BCUT2D eigenvalue weighted by Crippen LogP contribution is -2.59. The van der Waals surface area contributed by atoms with E-state index in [4.69, 9.17) is 10.9 Å². The number of amidine groups is 1. The zero-order chi connectivity index (χ0) is 13.6. The summed E-state index contributed by atoms with van der Waals surface area (Å²) in [4.78, 5) is 12.2. The van der Waals surface area contributed by atoms with Crippen LogP contribution in [0.2, 0.25) is 0 Å². The summed E-state index contributed by atoms with van der Waals surface area (Å²) in [5.41, 5.74) is 5.17. The van der Waals surface area contributed by atoms with Crippen molar-refractivity contribution in [3.63, 3.8) is 0 Å². The predicted molar refractivity (Wildman–Crippen MR) is 71.4 cm³/mol. The summed E-state index contributed by atoms with van der Waals surface area (Å²) < 4.78 is 0. The van der Waals surface area contributed by atoms with E-state index >= 15 is 0 Å². The van der Waals surface area contributed by atoms with E-state index in [9.17, 15) is 4.79 Å². The molecule has 0 aromatic rings. The van der Waals surface area contributed by atoms with E-state index in [0.29, 0.717) is 0 Å². The molecule has 0 saturated heterocycles. The molecule has 4 N–H and O–H groups in total. The summed E-state index contributed by atoms with van der Waals surface area (Å²) in [6.45, 7) is 4.01. The van der Waals surface area contributed by atoms with Gasteiger partial charge in [-0.3, -0.25) is 4.79 Å². The lowest BCUT2D eigenvalue weighted by Gasteiger charge is -2.37. The second kappa shape index (κ2) is 6.61. The molecule has 0 aromatic heterocycles. The highest BCUT2D eigenvalue weighted by Gasteiger charge is 2.38. The van der Waals surface area contributed by atoms with E-state index in [0.717, 1.165) is 44.9 Å². The molecule has 0 unspecified atom stereocenters. The molecule has 0 spiro atoms. The lowest BCUT2D eigenvalue weighted by atomic mass is 9.80. The molecule has 5 nitrogen and oxygen atoms in total. The van der Waals surface area contributed by atoms with Crippen molar-refractivity contribution in [2.45, 2.75) is 64.3 Å². The number of amides is 1. The highest BCUT2D eigenvalue weighted by Crippen LogP contribution is 2.29. The average molecular weight is 255 g/mol. The Hall–Kier alpha value is -1.26. The summed E-state index contributed by atoms with van der Waals surface area (Å²) in [7, 11) is 0. The first-order chi connectivity index (χ1) is 8.59. The molecular weight excluding hydrogens is 230 g/mol. The van der Waals surface area contributed by atoms with Crippen molar-refractivity contribution in [2.75, 3.05) is 0 Å². The van der Waals surface area contributed by atoms with Gasteiger partial charge < -0.3 is 16.3 Å². The molecular formula is C13H25N3O2. The Balaban J connectivity index is 2.82. The first-order valence-electron chi connectivity index (χ1n) is 6.89. The molecule has 1 rings (SSSR count). The fourth-order valence-electron chi connectivity index (χ4n) is 2.69. The van der Waals surface area contributed by atoms with Gasteiger partial charge in [-0.05, 0) is 25.7 Å². The van der Waals surface area contributed by atoms with Crippen molar-refractivity contribution in [3.05, 3.63) is 0 Å². The molecule has 1 amide bonds. The summed E-state index contributed by atoms with van der Waals surface area (Å²) in [6.07, 6.45) is 6.28. The van der Waals surface area contributed by atoms with Gasteiger partial charge in [0.25, 0.3) is 0 Å². The molecule has 0 bridgehead atoms. The fourth-order valence-corrected chi connectivity index (χ4v) is 2.69. The number of hydrogen-bond donors (Lipinski definition) is 3. The van der Waals surface area contributed by atoms with Crippen LogP contribution in [-0.4, -0.2) is 22.5 Å². The predicted octanol–water partition coefficient (Wildman–Crippen LogP) is 1.99. The zero-order valence-corrected chi connectivity index (χ0v) is 11.4. The molecule has 1 aliphatic carbocycles. The molecule has 5 heteroatoms. The molecule has 1 saturated carbocycles. The Morgan fingerprint density at radius 3 is 2.33 bits per heavy atom. The zero-order valence-electron chi connectivity index (χ0n) is 11.4. The molecule has 0 aromatic carbocycles. The Labute approximate surface area is 109 Å². The minimum absolute atomic E-state index is 0.00953. The van der Waals surface area contributed by atoms with E-state index in [1.54, 1.807) is 0 Å². The molecule has 1 aliphatic rings. The first-order valence-corrected chi connectivity index (χ1v) is 6.89. The van der Waals surface area contributed by atoms with Crippen LogP contribution in [0.3, 0.4) is 0 Å². The van der Waals surface area contributed by atoms with Gasteiger partial charge in [0.05, 0.1) is 0 Å². The van der Waals surface area contributed by atoms with E-state index < -0.39 is 5.54 Å². The smallest absolute Gasteiger partial charge is 0.223 e. The van der Waals surface area contributed by atoms with Crippen LogP contribution >= 0.6 is 0 Å². The van der Waals surface area contributed by atoms with Gasteiger partial charge in [0.15, 0.2) is 5.84 Å². The molecule has 1 fully saturated rings. The highest BCUT2D eigenvalue weighted by molar-refractivity contribution is 5.94. The van der Waals surface area contributed by atoms with Crippen molar-refractivity contribution in [2.24, 2.45) is 16.8 Å². The second-order valence-electron chi connectivity index (χ2n) is 5.13. The summed E-state index contributed by atoms with van der Waals surface area (Å²) >= 11 is 0. The number of carbonyl (C=O) groups excluding carboxylic acids is 1. The molecule has 0 heterocycles. The maximum Gasteiger partial charge on any atom is 0.223 e. The molecule has 0 radical (unpaired) electrons. The van der Waals surface area contributed by atoms with Crippen LogP contribution in [0.15, 0.2) is 5.16 Å². The minimum atomic E-state index is -0.632. The fraction of sp³-hybridized carbons (Fsp3) is 0.846. The van der Waals surface area contributed by atoms with Gasteiger partial charge in [-0.2, -0.15) is 0 Å². The number of rotatable bonds is 5. The van der Waals surface area contributed by atoms with Crippen LogP contribution < -0.4 is 11.1 Å². The molecule has 104 valence electrons. The highest BCUT2D eigenvalue weighted by atomic mass is 16.4. The Morgan fingerprint density at radius 1 is 1.33 bits per heavy atom. The van der Waals surface area contributed by atoms with Gasteiger partial charge >= 0.3 is 0 Å². The number of carbonyl (C=O) groups is 1. The maximum atomic E-state index is 12.2. The number of nitrogens with zero attached hydrogens (tertiary/aromatic N) is 1. The molecule has 0 aliphatic heterocycles.